The molecule has 0 aliphatic heterocycles. The molecule has 0 saturated heterocycles. The highest BCUT2D eigenvalue weighted by atomic mass is 79.9. The Morgan fingerprint density at radius 2 is 2.21 bits per heavy atom. The molecular formula is C12H16BrN. The van der Waals surface area contributed by atoms with Crippen LogP contribution in [-0.4, -0.2) is 6.04 Å². The summed E-state index contributed by atoms with van der Waals surface area (Å²) >= 11 is 3.55. The molecule has 76 valence electrons. The fourth-order valence-corrected chi connectivity index (χ4v) is 2.03. The van der Waals surface area contributed by atoms with Gasteiger partial charge in [-0.3, -0.25) is 0 Å². The van der Waals surface area contributed by atoms with E-state index < -0.39 is 0 Å². The molecule has 0 aromatic heterocycles. The van der Waals surface area contributed by atoms with E-state index in [9.17, 15) is 0 Å². The molecule has 2 unspecified atom stereocenters. The van der Waals surface area contributed by atoms with Gasteiger partial charge in [0, 0.05) is 17.1 Å². The van der Waals surface area contributed by atoms with Crippen LogP contribution in [0.4, 0.5) is 0 Å². The zero-order valence-corrected chi connectivity index (χ0v) is 10.3. The summed E-state index contributed by atoms with van der Waals surface area (Å²) in [5, 5.41) is 3.55. The summed E-state index contributed by atoms with van der Waals surface area (Å²) in [6.07, 6.45) is 1.34. The van der Waals surface area contributed by atoms with Gasteiger partial charge in [-0.1, -0.05) is 35.0 Å². The molecule has 14 heavy (non-hydrogen) atoms. The monoisotopic (exact) mass is 253 g/mol. The first-order valence-corrected chi connectivity index (χ1v) is 5.94. The molecule has 1 saturated carbocycles. The average molecular weight is 254 g/mol. The number of aryl methyl sites for hydroxylation is 1. The van der Waals surface area contributed by atoms with Crippen molar-refractivity contribution in [3.63, 3.8) is 0 Å². The van der Waals surface area contributed by atoms with E-state index in [4.69, 9.17) is 0 Å². The molecule has 1 nitrogen and oxygen atoms in total. The Morgan fingerprint density at radius 1 is 1.50 bits per heavy atom. The van der Waals surface area contributed by atoms with Gasteiger partial charge >= 0.3 is 0 Å². The van der Waals surface area contributed by atoms with Crippen LogP contribution >= 0.6 is 15.9 Å². The first-order valence-electron chi connectivity index (χ1n) is 5.15. The Bertz CT molecular complexity index is 335. The highest BCUT2D eigenvalue weighted by molar-refractivity contribution is 9.10. The van der Waals surface area contributed by atoms with E-state index in [0.29, 0.717) is 0 Å². The lowest BCUT2D eigenvalue weighted by Crippen LogP contribution is -2.16. The molecule has 0 spiro atoms. The van der Waals surface area contributed by atoms with Gasteiger partial charge in [0.15, 0.2) is 0 Å². The number of hydrogen-bond donors (Lipinski definition) is 1. The summed E-state index contributed by atoms with van der Waals surface area (Å²) in [5.41, 5.74) is 2.66. The van der Waals surface area contributed by atoms with Crippen LogP contribution in [-0.2, 0) is 6.54 Å². The minimum absolute atomic E-state index is 0.759. The zero-order chi connectivity index (χ0) is 10.1. The van der Waals surface area contributed by atoms with Crippen molar-refractivity contribution in [1.82, 2.24) is 5.32 Å². The van der Waals surface area contributed by atoms with E-state index in [1.807, 2.05) is 0 Å². The molecule has 1 aromatic rings. The summed E-state index contributed by atoms with van der Waals surface area (Å²) in [4.78, 5) is 0. The molecule has 2 atom stereocenters. The van der Waals surface area contributed by atoms with Crippen LogP contribution in [0.5, 0.6) is 0 Å². The van der Waals surface area contributed by atoms with Crippen LogP contribution in [0, 0.1) is 12.8 Å². The van der Waals surface area contributed by atoms with E-state index >= 15 is 0 Å². The van der Waals surface area contributed by atoms with E-state index in [0.717, 1.165) is 18.5 Å². The highest BCUT2D eigenvalue weighted by Gasteiger charge is 2.31. The second-order valence-corrected chi connectivity index (χ2v) is 5.14. The number of nitrogens with one attached hydrogen (secondary N) is 1. The first-order chi connectivity index (χ1) is 6.66. The van der Waals surface area contributed by atoms with Gasteiger partial charge in [-0.2, -0.15) is 0 Å². The first kappa shape index (κ1) is 10.2. The Balaban J connectivity index is 1.92. The highest BCUT2D eigenvalue weighted by Crippen LogP contribution is 2.29. The molecular weight excluding hydrogens is 238 g/mol. The third kappa shape index (κ3) is 2.37. The van der Waals surface area contributed by atoms with Crippen LogP contribution in [0.2, 0.25) is 0 Å². The van der Waals surface area contributed by atoms with Crippen molar-refractivity contribution < 1.29 is 0 Å². The Kier molecular flexibility index (Phi) is 2.93. The predicted molar refractivity (Wildman–Crippen MR) is 63.3 cm³/mol. The standard InChI is InChI=1S/C12H16BrN/c1-8-3-4-10(6-11(8)13)7-14-12-5-9(12)2/h3-4,6,9,12,14H,5,7H2,1-2H3. The maximum atomic E-state index is 3.55. The lowest BCUT2D eigenvalue weighted by molar-refractivity contribution is 0.652. The third-order valence-corrected chi connectivity index (χ3v) is 3.77. The minimum atomic E-state index is 0.759. The van der Waals surface area contributed by atoms with E-state index in [1.165, 1.54) is 22.0 Å². The van der Waals surface area contributed by atoms with Crippen molar-refractivity contribution in [2.75, 3.05) is 0 Å². The fourth-order valence-electron chi connectivity index (χ4n) is 1.60. The van der Waals surface area contributed by atoms with Gasteiger partial charge in [-0.25, -0.2) is 0 Å². The summed E-state index contributed by atoms with van der Waals surface area (Å²) < 4.78 is 1.21. The molecule has 1 aliphatic rings. The van der Waals surface area contributed by atoms with Gasteiger partial charge < -0.3 is 5.32 Å². The van der Waals surface area contributed by atoms with Gasteiger partial charge in [-0.15, -0.1) is 0 Å². The molecule has 1 fully saturated rings. The smallest absolute Gasteiger partial charge is 0.0208 e. The van der Waals surface area contributed by atoms with Crippen molar-refractivity contribution in [3.05, 3.63) is 33.8 Å². The second kappa shape index (κ2) is 4.03. The molecule has 1 N–H and O–H groups in total. The maximum absolute atomic E-state index is 3.55. The Hall–Kier alpha value is -0.340. The minimum Gasteiger partial charge on any atom is -0.310 e. The largest absolute Gasteiger partial charge is 0.310 e. The molecule has 0 amide bonds. The SMILES string of the molecule is Cc1ccc(CNC2CC2C)cc1Br. The van der Waals surface area contributed by atoms with Crippen molar-refractivity contribution in [2.45, 2.75) is 32.9 Å². The van der Waals surface area contributed by atoms with Crippen molar-refractivity contribution >= 4 is 15.9 Å². The number of halogens is 1. The van der Waals surface area contributed by atoms with Gasteiger partial charge in [0.25, 0.3) is 0 Å². The zero-order valence-electron chi connectivity index (χ0n) is 8.68. The Labute approximate surface area is 94.0 Å². The quantitative estimate of drug-likeness (QED) is 0.873. The molecule has 0 heterocycles. The lowest BCUT2D eigenvalue weighted by atomic mass is 10.1. The second-order valence-electron chi connectivity index (χ2n) is 4.28. The van der Waals surface area contributed by atoms with Crippen LogP contribution in [0.15, 0.2) is 22.7 Å². The lowest BCUT2D eigenvalue weighted by Gasteiger charge is -2.05. The molecule has 2 rings (SSSR count). The van der Waals surface area contributed by atoms with Crippen LogP contribution in [0.25, 0.3) is 0 Å². The number of benzene rings is 1. The number of hydrogen-bond acceptors (Lipinski definition) is 1. The van der Waals surface area contributed by atoms with Crippen LogP contribution in [0.1, 0.15) is 24.5 Å². The van der Waals surface area contributed by atoms with Crippen LogP contribution in [0.3, 0.4) is 0 Å². The van der Waals surface area contributed by atoms with Crippen LogP contribution < -0.4 is 5.32 Å². The summed E-state index contributed by atoms with van der Waals surface area (Å²) in [5.74, 6) is 0.879. The third-order valence-electron chi connectivity index (χ3n) is 2.91. The molecule has 2 heteroatoms. The van der Waals surface area contributed by atoms with Gasteiger partial charge in [-0.05, 0) is 36.5 Å². The fraction of sp³-hybridized carbons (Fsp3) is 0.500. The van der Waals surface area contributed by atoms with Gasteiger partial charge in [0.05, 0.1) is 0 Å². The molecule has 1 aliphatic carbocycles. The molecule has 0 bridgehead atoms. The van der Waals surface area contributed by atoms with Gasteiger partial charge in [0.2, 0.25) is 0 Å². The van der Waals surface area contributed by atoms with E-state index in [1.54, 1.807) is 0 Å². The van der Waals surface area contributed by atoms with Crippen molar-refractivity contribution in [3.8, 4) is 0 Å². The maximum Gasteiger partial charge on any atom is 0.0208 e. The van der Waals surface area contributed by atoms with E-state index in [-0.39, 0.29) is 0 Å². The van der Waals surface area contributed by atoms with Crippen molar-refractivity contribution in [1.29, 1.82) is 0 Å². The van der Waals surface area contributed by atoms with Gasteiger partial charge in [0.1, 0.15) is 0 Å². The summed E-state index contributed by atoms with van der Waals surface area (Å²) in [6.45, 7) is 5.40. The molecule has 1 aromatic carbocycles. The van der Waals surface area contributed by atoms with E-state index in [2.05, 4.69) is 53.3 Å². The predicted octanol–water partition coefficient (Wildman–Crippen LogP) is 3.26. The Morgan fingerprint density at radius 3 is 2.79 bits per heavy atom. The number of rotatable bonds is 3. The molecule has 0 radical (unpaired) electrons. The summed E-state index contributed by atoms with van der Waals surface area (Å²) in [6, 6.07) is 7.32. The topological polar surface area (TPSA) is 12.0 Å². The normalized spacial score (nSPS) is 25.1. The van der Waals surface area contributed by atoms with Crippen molar-refractivity contribution in [2.24, 2.45) is 5.92 Å². The summed E-state index contributed by atoms with van der Waals surface area (Å²) in [7, 11) is 0. The average Bonchev–Trinajstić information content (AvgIpc) is 2.85.